The smallest absolute Gasteiger partial charge is 0.465 e. The van der Waals surface area contributed by atoms with Gasteiger partial charge >= 0.3 is 117 Å². The Hall–Kier alpha value is -9.95. The average molecular weight is 2030 g/mol. The number of anilines is 4. The Morgan fingerprint density at radius 3 is 1.62 bits per heavy atom. The molecule has 2 N–H and O–H groups in total. The Labute approximate surface area is 887 Å². The molecule has 0 radical (unpaired) electrons. The van der Waals surface area contributed by atoms with E-state index in [0.29, 0.717) is 43.7 Å². The number of esters is 3. The minimum absolute atomic E-state index is 0. The van der Waals surface area contributed by atoms with Crippen LogP contribution in [0.1, 0.15) is 228 Å². The van der Waals surface area contributed by atoms with E-state index < -0.39 is 41.2 Å². The van der Waals surface area contributed by atoms with E-state index >= 15 is 0 Å². The SMILES string of the molecule is CC1(CCCCCCN)C2=C3C=CC(=O)OC3CCCN2c2cc3c(cc21)oc1ccccc13.CCCCc1ccc2c(c1)C1(CCCCC1)C1=C3C=CC(=O)[Si](C)(C)C3CCN12.O=C=O.O=C=O.O=C=O.O=S(=O)=O.O=S(=O)=O.[CH2-]CCC1(C)C2=C3C=C(C(=O)OC)C(=O)OC3CCN2c2ccc(CCC)cc21.[CH2-]CCC1(C)C2=C3C=CC(=O)N(CCOCCOC)C3CCN2c2ccc(CCC)cc21.[Na+].[Na+]. The van der Waals surface area contributed by atoms with Crippen LogP contribution in [-0.4, -0.2) is 177 Å². The number of methoxy groups -OCH3 is 2. The van der Waals surface area contributed by atoms with Crippen molar-refractivity contribution in [2.24, 2.45) is 5.73 Å². The topological polar surface area (TPSA) is 392 Å². The molecule has 0 saturated heterocycles. The molecule has 0 bridgehead atoms. The number of amides is 1. The van der Waals surface area contributed by atoms with Gasteiger partial charge in [0.05, 0.1) is 33.0 Å². The van der Waals surface area contributed by atoms with E-state index in [0.717, 1.165) is 169 Å². The number of nitrogens with zero attached hydrogens (tertiary/aromatic N) is 5. The maximum absolute atomic E-state index is 12.8. The van der Waals surface area contributed by atoms with E-state index in [-0.39, 0.29) is 135 Å². The number of carbonyl (C=O) groups is 5. The van der Waals surface area contributed by atoms with Crippen molar-refractivity contribution in [1.82, 2.24) is 4.90 Å². The zero-order valence-electron chi connectivity index (χ0n) is 84.7. The van der Waals surface area contributed by atoms with Crippen molar-refractivity contribution in [3.05, 3.63) is 237 Å². The third kappa shape index (κ3) is 25.3. The molecule has 13 aliphatic rings. The maximum Gasteiger partial charge on any atom is 1.00 e. The van der Waals surface area contributed by atoms with Crippen molar-refractivity contribution in [3.8, 4) is 0 Å². The van der Waals surface area contributed by atoms with Gasteiger partial charge in [-0.15, -0.1) is 25.3 Å². The number of unbranched alkanes of at least 4 members (excludes halogenated alkanes) is 4. The second-order valence-electron chi connectivity index (χ2n) is 38.6. The van der Waals surface area contributed by atoms with Crippen LogP contribution in [0.3, 0.4) is 0 Å². The summed E-state index contributed by atoms with van der Waals surface area (Å²) >= 11 is 0. The Kier molecular flexibility index (Phi) is 43.6. The number of hydrogen-bond acceptors (Lipinski definition) is 28. The summed E-state index contributed by atoms with van der Waals surface area (Å²) in [5.41, 5.74) is 33.3. The molecule has 1 spiro atoms. The van der Waals surface area contributed by atoms with E-state index in [1.807, 2.05) is 29.2 Å². The molecule has 1 saturated carbocycles. The molecule has 754 valence electrons. The number of nitrogens with two attached hydrogens (primary N) is 1. The molecule has 7 atom stereocenters. The van der Waals surface area contributed by atoms with Crippen LogP contribution >= 0.6 is 0 Å². The fourth-order valence-electron chi connectivity index (χ4n) is 23.7. The molecule has 6 aromatic rings. The summed E-state index contributed by atoms with van der Waals surface area (Å²) < 4.78 is 84.0. The van der Waals surface area contributed by atoms with Gasteiger partial charge < -0.3 is 77.0 Å². The Bertz CT molecular complexity index is 6210. The summed E-state index contributed by atoms with van der Waals surface area (Å²) in [6.45, 7) is 33.4. The molecule has 5 aromatic carbocycles. The van der Waals surface area contributed by atoms with E-state index in [1.165, 1.54) is 149 Å². The number of hydrogen-bond donors (Lipinski definition) is 1. The normalized spacial score (nSPS) is 22.0. The van der Waals surface area contributed by atoms with Crippen LogP contribution in [0.15, 0.2) is 189 Å². The third-order valence-corrected chi connectivity index (χ3v) is 33.6. The first-order chi connectivity index (χ1) is 67.8. The Morgan fingerprint density at radius 1 is 0.510 bits per heavy atom. The molecule has 19 rings (SSSR count). The van der Waals surface area contributed by atoms with E-state index in [2.05, 4.69) is 179 Å². The van der Waals surface area contributed by atoms with Gasteiger partial charge in [0.25, 0.3) is 0 Å². The number of furan rings is 1. The van der Waals surface area contributed by atoms with Gasteiger partial charge in [-0.25, -0.2) is 14.4 Å². The van der Waals surface area contributed by atoms with Gasteiger partial charge in [-0.05, 0) is 221 Å². The second kappa shape index (κ2) is 53.4. The van der Waals surface area contributed by atoms with E-state index in [4.69, 9.17) is 87.9 Å². The quantitative estimate of drug-likeness (QED) is 0.0147. The molecule has 13 heterocycles. The van der Waals surface area contributed by atoms with Gasteiger partial charge in [-0.1, -0.05) is 165 Å². The molecular weight excluding hydrogens is 1900 g/mol. The zero-order chi connectivity index (χ0) is 102. The number of allylic oxidation sites excluding steroid dienone is 7. The number of aryl methyl sites for hydroxylation is 3. The van der Waals surface area contributed by atoms with Crippen molar-refractivity contribution in [3.63, 3.8) is 0 Å². The number of benzene rings is 5. The average Bonchev–Trinajstić information content (AvgIpc) is 1.57. The molecule has 1 amide bonds. The van der Waals surface area contributed by atoms with Gasteiger partial charge in [0, 0.05) is 148 Å². The van der Waals surface area contributed by atoms with Crippen molar-refractivity contribution in [2.45, 2.75) is 267 Å². The van der Waals surface area contributed by atoms with Crippen LogP contribution in [0.5, 0.6) is 0 Å². The van der Waals surface area contributed by atoms with Crippen molar-refractivity contribution in [1.29, 1.82) is 0 Å². The molecule has 12 aliphatic heterocycles. The number of carbonyl (C=O) groups excluding carboxylic acids is 11. The molecule has 29 nitrogen and oxygen atoms in total. The zero-order valence-corrected chi connectivity index (χ0v) is 91.3. The van der Waals surface area contributed by atoms with Crippen molar-refractivity contribution >= 4 is 122 Å². The van der Waals surface area contributed by atoms with Crippen molar-refractivity contribution < 1.29 is 165 Å². The Balaban J connectivity index is 0.000000201. The fourth-order valence-corrected chi connectivity index (χ4v) is 26.4. The largest absolute Gasteiger partial charge is 1.00 e. The van der Waals surface area contributed by atoms with E-state index in [9.17, 15) is 24.0 Å². The summed E-state index contributed by atoms with van der Waals surface area (Å²) in [5, 5.41) is 2.76. The van der Waals surface area contributed by atoms with Crippen LogP contribution < -0.4 is 84.4 Å². The number of para-hydroxylation sites is 1. The summed E-state index contributed by atoms with van der Waals surface area (Å²) in [5.74, 6) is -1.40. The summed E-state index contributed by atoms with van der Waals surface area (Å²) in [4.78, 5) is 123. The molecule has 1 aliphatic carbocycles. The molecule has 1 aromatic heterocycles. The van der Waals surface area contributed by atoms with Gasteiger partial charge in [-0.2, -0.15) is 41.6 Å². The standard InChI is InChI=1S/C29H32N2O3.C27H37N2O3.C26H35NOSi.C24H28NO4.3CO2.2Na.2O3S/c1-29(14-6-2-3-7-15-30)22-18-26-21(19-9-4-5-10-24(19)33-26)17-23(22)31-16-8-11-25-20(28(29)31)12-13-27(32)34-25;1-5-7-20-8-10-24-22(19-20)27(3,13-6-2)26-21-9-11-25(30)28(15-16-32-18-17-31-4)23(21)12-14-29(24)26;1-4-5-9-19-10-12-22-21(18-19)26(15-7-6-8-16-26)25-20-11-13-24(28)29(2,3)23(20)14-17-27(22)25;1-5-7-15-8-9-19-18(13-15)24(3,11-6-2)21-16-14-17(22(26)28-4)23(27)29-20(16)10-12-25(19)21;3*2-1-3;;;2*1-4(2)3/h4-5,9-10,12-13,17-18,25H,2-3,6-8,11,14-16,30H2,1H3;8-11,19,23H,2,5-7,12-18H2,1,3-4H3;10-13,18,23H,4-9,14-17H2,1-3H3;8-9,13-14,20H,2,5-7,10-12H2,1,3-4H3;;;;;;;/q;-1;;-1;;;;2*+1;;. The first-order valence-electron chi connectivity index (χ1n) is 49.2. The predicted molar refractivity (Wildman–Crippen MR) is 534 cm³/mol. The number of fused-ring (bicyclic) bond motifs is 21. The monoisotopic (exact) mass is 2030 g/mol. The minimum Gasteiger partial charge on any atom is -0.465 e. The van der Waals surface area contributed by atoms with Gasteiger partial charge in [0.15, 0.2) is 0 Å². The minimum atomic E-state index is -3.11. The van der Waals surface area contributed by atoms with Crippen LogP contribution in [0.25, 0.3) is 21.9 Å². The fraction of sp³-hybridized carbons (Fsp3) is 0.486. The number of ether oxygens (including phenoxy) is 5. The predicted octanol–water partition coefficient (Wildman–Crippen LogP) is 11.2. The first-order valence-corrected chi connectivity index (χ1v) is 54.3. The molecule has 1 fully saturated rings. The van der Waals surface area contributed by atoms with Gasteiger partial charge in [0.1, 0.15) is 42.4 Å². The second-order valence-corrected chi connectivity index (χ2v) is 44.0. The molecule has 7 unspecified atom stereocenters. The maximum atomic E-state index is 12.8. The van der Waals surface area contributed by atoms with Crippen LogP contribution in [0, 0.1) is 13.8 Å². The van der Waals surface area contributed by atoms with E-state index in [1.54, 1.807) is 36.6 Å². The molecule has 143 heavy (non-hydrogen) atoms. The molecular formula is C109H132N6Na2O23S2Si. The van der Waals surface area contributed by atoms with Crippen molar-refractivity contribution in [2.75, 3.05) is 92.9 Å². The van der Waals surface area contributed by atoms with Crippen LogP contribution in [0.2, 0.25) is 18.6 Å². The van der Waals surface area contributed by atoms with Gasteiger partial charge in [0.2, 0.25) is 5.91 Å². The number of rotatable bonds is 24. The van der Waals surface area contributed by atoms with Crippen LogP contribution in [-0.2, 0) is 139 Å². The Morgan fingerprint density at radius 2 is 1.03 bits per heavy atom. The molecule has 34 heteroatoms. The summed E-state index contributed by atoms with van der Waals surface area (Å²) in [6.07, 6.45) is 42.0. The third-order valence-electron chi connectivity index (χ3n) is 29.8. The summed E-state index contributed by atoms with van der Waals surface area (Å²) in [6, 6.07) is 34.1. The first kappa shape index (κ1) is 117. The van der Waals surface area contributed by atoms with Gasteiger partial charge in [-0.3, -0.25) is 4.79 Å². The van der Waals surface area contributed by atoms with Crippen LogP contribution in [0.4, 0.5) is 22.7 Å². The summed E-state index contributed by atoms with van der Waals surface area (Å²) in [7, 11) is -5.21.